The maximum Gasteiger partial charge on any atom is 0.573 e. The van der Waals surface area contributed by atoms with Crippen LogP contribution in [0.15, 0.2) is 78.9 Å². The number of carbonyl (C=O) groups is 4. The third-order valence-corrected chi connectivity index (χ3v) is 5.84. The van der Waals surface area contributed by atoms with Crippen LogP contribution in [0.3, 0.4) is 0 Å². The summed E-state index contributed by atoms with van der Waals surface area (Å²) in [5.74, 6) is -2.75. The standard InChI is InChI=1S/C31H28F3NO6/c1-19(2)17-20-3-5-21(6-4-20)26(18-27(36)22-11-13-25(14-12-22)41-31(32,33)34)29(39)23-7-9-24(10-8-23)30(40)35-16-15-28(37)38/h3-14,18-19H,15-17H2,1-2H3,(H,35,40)(H,37,38)/b26-18-. The molecule has 0 radical (unpaired) electrons. The summed E-state index contributed by atoms with van der Waals surface area (Å²) < 4.78 is 41.3. The normalized spacial score (nSPS) is 11.7. The van der Waals surface area contributed by atoms with Crippen molar-refractivity contribution in [2.75, 3.05) is 6.54 Å². The molecule has 0 bridgehead atoms. The van der Waals surface area contributed by atoms with Gasteiger partial charge in [0.1, 0.15) is 5.75 Å². The molecule has 3 rings (SSSR count). The molecule has 3 aromatic carbocycles. The molecule has 0 heterocycles. The molecule has 214 valence electrons. The molecule has 2 N–H and O–H groups in total. The van der Waals surface area contributed by atoms with Gasteiger partial charge in [0.2, 0.25) is 0 Å². The highest BCUT2D eigenvalue weighted by molar-refractivity contribution is 6.32. The number of Topliss-reactive ketones (excluding diaryl/α,β-unsaturated/α-hetero) is 1. The van der Waals surface area contributed by atoms with E-state index in [2.05, 4.69) is 23.9 Å². The molecule has 0 atom stereocenters. The second kappa shape index (κ2) is 13.6. The summed E-state index contributed by atoms with van der Waals surface area (Å²) in [6, 6.07) is 17.2. The number of ketones is 2. The van der Waals surface area contributed by atoms with Gasteiger partial charge in [-0.05, 0) is 65.9 Å². The van der Waals surface area contributed by atoms with Crippen LogP contribution in [0.25, 0.3) is 5.57 Å². The van der Waals surface area contributed by atoms with E-state index in [1.165, 1.54) is 36.4 Å². The summed E-state index contributed by atoms with van der Waals surface area (Å²) in [7, 11) is 0. The van der Waals surface area contributed by atoms with E-state index in [0.29, 0.717) is 11.5 Å². The average Bonchev–Trinajstić information content (AvgIpc) is 2.91. The Morgan fingerprint density at radius 2 is 1.37 bits per heavy atom. The van der Waals surface area contributed by atoms with Gasteiger partial charge in [-0.25, -0.2) is 0 Å². The lowest BCUT2D eigenvalue weighted by Gasteiger charge is -2.11. The second-order valence-electron chi connectivity index (χ2n) is 9.60. The zero-order valence-electron chi connectivity index (χ0n) is 22.3. The van der Waals surface area contributed by atoms with E-state index in [0.717, 1.165) is 30.2 Å². The Balaban J connectivity index is 1.91. The monoisotopic (exact) mass is 567 g/mol. The van der Waals surface area contributed by atoms with E-state index in [4.69, 9.17) is 5.11 Å². The summed E-state index contributed by atoms with van der Waals surface area (Å²) in [6.45, 7) is 4.09. The maximum absolute atomic E-state index is 13.6. The Kier molecular flexibility index (Phi) is 10.2. The number of carboxylic acid groups (broad SMARTS) is 1. The zero-order chi connectivity index (χ0) is 30.2. The molecule has 0 aliphatic carbocycles. The van der Waals surface area contributed by atoms with E-state index in [1.54, 1.807) is 12.1 Å². The number of rotatable bonds is 12. The van der Waals surface area contributed by atoms with Gasteiger partial charge in [0.05, 0.1) is 6.42 Å². The number of carboxylic acids is 1. The number of nitrogens with one attached hydrogen (secondary N) is 1. The summed E-state index contributed by atoms with van der Waals surface area (Å²) in [5, 5.41) is 11.2. The Bertz CT molecular complexity index is 1420. The predicted octanol–water partition coefficient (Wildman–Crippen LogP) is 6.14. The first-order valence-corrected chi connectivity index (χ1v) is 12.7. The maximum atomic E-state index is 13.6. The molecule has 0 fully saturated rings. The lowest BCUT2D eigenvalue weighted by atomic mass is 9.92. The summed E-state index contributed by atoms with van der Waals surface area (Å²) in [4.78, 5) is 49.6. The number of aliphatic carboxylic acids is 1. The number of alkyl halides is 3. The van der Waals surface area contributed by atoms with Gasteiger partial charge in [-0.2, -0.15) is 0 Å². The Labute approximate surface area is 234 Å². The van der Waals surface area contributed by atoms with Crippen LogP contribution in [0.1, 0.15) is 62.5 Å². The first kappa shape index (κ1) is 30.8. The Morgan fingerprint density at radius 1 is 0.829 bits per heavy atom. The number of carbonyl (C=O) groups excluding carboxylic acids is 3. The van der Waals surface area contributed by atoms with E-state index in [1.807, 2.05) is 12.1 Å². The largest absolute Gasteiger partial charge is 0.573 e. The van der Waals surface area contributed by atoms with Gasteiger partial charge in [0.25, 0.3) is 5.91 Å². The van der Waals surface area contributed by atoms with Gasteiger partial charge in [-0.1, -0.05) is 50.2 Å². The van der Waals surface area contributed by atoms with Crippen molar-refractivity contribution in [2.24, 2.45) is 5.92 Å². The molecular weight excluding hydrogens is 539 g/mol. The fourth-order valence-electron chi connectivity index (χ4n) is 3.92. The van der Waals surface area contributed by atoms with Gasteiger partial charge in [0.15, 0.2) is 11.6 Å². The van der Waals surface area contributed by atoms with Crippen molar-refractivity contribution in [1.29, 1.82) is 0 Å². The molecule has 7 nitrogen and oxygen atoms in total. The van der Waals surface area contributed by atoms with Crippen molar-refractivity contribution < 1.29 is 42.2 Å². The number of allylic oxidation sites excluding steroid dienone is 2. The van der Waals surface area contributed by atoms with Crippen LogP contribution < -0.4 is 10.1 Å². The zero-order valence-corrected chi connectivity index (χ0v) is 22.3. The second-order valence-corrected chi connectivity index (χ2v) is 9.60. The van der Waals surface area contributed by atoms with Crippen molar-refractivity contribution >= 4 is 29.0 Å². The Morgan fingerprint density at radius 3 is 1.90 bits per heavy atom. The first-order chi connectivity index (χ1) is 19.3. The molecule has 1 amide bonds. The van der Waals surface area contributed by atoms with Gasteiger partial charge in [0, 0.05) is 28.8 Å². The minimum absolute atomic E-state index is 0.0506. The molecule has 0 unspecified atom stereocenters. The molecule has 3 aromatic rings. The lowest BCUT2D eigenvalue weighted by molar-refractivity contribution is -0.274. The third kappa shape index (κ3) is 9.45. The van der Waals surface area contributed by atoms with Crippen LogP contribution >= 0.6 is 0 Å². The molecule has 0 spiro atoms. The van der Waals surface area contributed by atoms with Crippen LogP contribution in [0.5, 0.6) is 5.75 Å². The molecule has 0 aliphatic heterocycles. The number of ether oxygens (including phenoxy) is 1. The average molecular weight is 568 g/mol. The SMILES string of the molecule is CC(C)Cc1ccc(/C(=C/C(=O)c2ccc(OC(F)(F)F)cc2)C(=O)c2ccc(C(=O)NCCC(=O)O)cc2)cc1. The lowest BCUT2D eigenvalue weighted by Crippen LogP contribution is -2.26. The van der Waals surface area contributed by atoms with Gasteiger partial charge < -0.3 is 15.2 Å². The Hall–Kier alpha value is -4.73. The molecule has 0 aromatic heterocycles. The highest BCUT2D eigenvalue weighted by atomic mass is 19.4. The van der Waals surface area contributed by atoms with Crippen LogP contribution in [-0.2, 0) is 11.2 Å². The summed E-state index contributed by atoms with van der Waals surface area (Å²) in [6.07, 6.45) is -3.17. The highest BCUT2D eigenvalue weighted by Crippen LogP contribution is 2.25. The fraction of sp³-hybridized carbons (Fsp3) is 0.226. The summed E-state index contributed by atoms with van der Waals surface area (Å²) >= 11 is 0. The number of amides is 1. The van der Waals surface area contributed by atoms with E-state index in [9.17, 15) is 32.3 Å². The van der Waals surface area contributed by atoms with E-state index >= 15 is 0 Å². The predicted molar refractivity (Wildman–Crippen MR) is 146 cm³/mol. The number of benzene rings is 3. The van der Waals surface area contributed by atoms with Crippen molar-refractivity contribution in [3.05, 3.63) is 107 Å². The van der Waals surface area contributed by atoms with Crippen molar-refractivity contribution in [2.45, 2.75) is 33.1 Å². The molecule has 0 aliphatic rings. The quantitative estimate of drug-likeness (QED) is 0.201. The smallest absolute Gasteiger partial charge is 0.481 e. The number of hydrogen-bond acceptors (Lipinski definition) is 5. The van der Waals surface area contributed by atoms with E-state index in [-0.39, 0.29) is 35.2 Å². The molecule has 0 saturated heterocycles. The van der Waals surface area contributed by atoms with E-state index < -0.39 is 35.6 Å². The minimum Gasteiger partial charge on any atom is -0.481 e. The molecule has 41 heavy (non-hydrogen) atoms. The number of halogens is 3. The third-order valence-electron chi connectivity index (χ3n) is 5.84. The van der Waals surface area contributed by atoms with Crippen LogP contribution in [0, 0.1) is 5.92 Å². The summed E-state index contributed by atoms with van der Waals surface area (Å²) in [5.41, 5.74) is 2.01. The fourth-order valence-corrected chi connectivity index (χ4v) is 3.92. The molecule has 10 heteroatoms. The molecule has 0 saturated carbocycles. The van der Waals surface area contributed by atoms with Crippen LogP contribution in [-0.4, -0.2) is 41.5 Å². The van der Waals surface area contributed by atoms with Gasteiger partial charge in [-0.15, -0.1) is 13.2 Å². The van der Waals surface area contributed by atoms with Gasteiger partial charge in [-0.3, -0.25) is 19.2 Å². The van der Waals surface area contributed by atoms with Crippen molar-refractivity contribution in [3.63, 3.8) is 0 Å². The highest BCUT2D eigenvalue weighted by Gasteiger charge is 2.31. The topological polar surface area (TPSA) is 110 Å². The first-order valence-electron chi connectivity index (χ1n) is 12.7. The molecular formula is C31H28F3NO6. The van der Waals surface area contributed by atoms with Gasteiger partial charge >= 0.3 is 12.3 Å². The van der Waals surface area contributed by atoms with Crippen molar-refractivity contribution in [3.8, 4) is 5.75 Å². The van der Waals surface area contributed by atoms with Crippen molar-refractivity contribution in [1.82, 2.24) is 5.32 Å². The van der Waals surface area contributed by atoms with Crippen LogP contribution in [0.2, 0.25) is 0 Å². The minimum atomic E-state index is -4.87. The number of hydrogen-bond donors (Lipinski definition) is 2. The van der Waals surface area contributed by atoms with Crippen LogP contribution in [0.4, 0.5) is 13.2 Å².